The van der Waals surface area contributed by atoms with Gasteiger partial charge in [-0.25, -0.2) is 18.0 Å². The van der Waals surface area contributed by atoms with E-state index in [-0.39, 0.29) is 10.6 Å². The van der Waals surface area contributed by atoms with Crippen LogP contribution in [-0.4, -0.2) is 20.4 Å². The number of sulfonamides is 1. The molecule has 0 aliphatic carbocycles. The van der Waals surface area contributed by atoms with Crippen molar-refractivity contribution in [1.29, 1.82) is 0 Å². The lowest BCUT2D eigenvalue weighted by atomic mass is 10.0. The van der Waals surface area contributed by atoms with E-state index in [0.717, 1.165) is 16.5 Å². The SMILES string of the molecule is CCc1cc(=O)oc2c(C)c(OC(=O)C(C)NS(=O)(=O)c3ccc(C)cc3)ccc12. The average Bonchev–Trinajstić information content (AvgIpc) is 2.69. The summed E-state index contributed by atoms with van der Waals surface area (Å²) in [6.45, 7) is 6.86. The minimum Gasteiger partial charge on any atom is -0.425 e. The van der Waals surface area contributed by atoms with E-state index in [4.69, 9.17) is 9.15 Å². The van der Waals surface area contributed by atoms with Crippen molar-refractivity contribution in [2.24, 2.45) is 0 Å². The highest BCUT2D eigenvalue weighted by atomic mass is 32.2. The van der Waals surface area contributed by atoms with E-state index in [1.54, 1.807) is 31.2 Å². The van der Waals surface area contributed by atoms with Crippen LogP contribution in [0.2, 0.25) is 0 Å². The van der Waals surface area contributed by atoms with E-state index < -0.39 is 27.7 Å². The molecule has 3 rings (SSSR count). The van der Waals surface area contributed by atoms with Crippen LogP contribution in [0.1, 0.15) is 30.5 Å². The Kier molecular flexibility index (Phi) is 6.09. The molecule has 1 atom stereocenters. The summed E-state index contributed by atoms with van der Waals surface area (Å²) in [6.07, 6.45) is 0.651. The summed E-state index contributed by atoms with van der Waals surface area (Å²) < 4.78 is 38.0. The second-order valence-electron chi connectivity index (χ2n) is 7.09. The first-order chi connectivity index (χ1) is 14.1. The number of esters is 1. The molecule has 30 heavy (non-hydrogen) atoms. The normalized spacial score (nSPS) is 12.7. The summed E-state index contributed by atoms with van der Waals surface area (Å²) in [4.78, 5) is 24.4. The smallest absolute Gasteiger partial charge is 0.336 e. The maximum Gasteiger partial charge on any atom is 0.336 e. The van der Waals surface area contributed by atoms with Crippen LogP contribution in [0.15, 0.2) is 56.6 Å². The molecule has 0 aliphatic heterocycles. The Morgan fingerprint density at radius 2 is 1.80 bits per heavy atom. The molecule has 0 fully saturated rings. The van der Waals surface area contributed by atoms with E-state index in [0.29, 0.717) is 17.6 Å². The van der Waals surface area contributed by atoms with Gasteiger partial charge < -0.3 is 9.15 Å². The third kappa shape index (κ3) is 4.44. The van der Waals surface area contributed by atoms with Gasteiger partial charge in [-0.3, -0.25) is 0 Å². The molecule has 2 aromatic carbocycles. The van der Waals surface area contributed by atoms with Crippen LogP contribution in [0.25, 0.3) is 11.0 Å². The molecule has 0 aliphatic rings. The van der Waals surface area contributed by atoms with Gasteiger partial charge >= 0.3 is 11.6 Å². The Morgan fingerprint density at radius 1 is 1.13 bits per heavy atom. The van der Waals surface area contributed by atoms with Crippen molar-refractivity contribution in [3.8, 4) is 5.75 Å². The van der Waals surface area contributed by atoms with Gasteiger partial charge in [0.05, 0.1) is 4.90 Å². The third-order valence-corrected chi connectivity index (χ3v) is 6.36. The van der Waals surface area contributed by atoms with Crippen LogP contribution in [0.4, 0.5) is 0 Å². The zero-order valence-corrected chi connectivity index (χ0v) is 18.0. The highest BCUT2D eigenvalue weighted by Gasteiger charge is 2.24. The standard InChI is InChI=1S/C22H23NO6S/c1-5-16-12-20(24)29-21-14(3)19(11-10-18(16)21)28-22(25)15(4)23-30(26,27)17-8-6-13(2)7-9-17/h6-12,15,23H,5H2,1-4H3. The average molecular weight is 429 g/mol. The van der Waals surface area contributed by atoms with Gasteiger partial charge in [0, 0.05) is 17.0 Å². The van der Waals surface area contributed by atoms with Gasteiger partial charge in [-0.1, -0.05) is 24.6 Å². The molecule has 7 nitrogen and oxygen atoms in total. The predicted octanol–water partition coefficient (Wildman–Crippen LogP) is 3.24. The number of ether oxygens (including phenoxy) is 1. The number of aryl methyl sites for hydroxylation is 3. The number of fused-ring (bicyclic) bond motifs is 1. The van der Waals surface area contributed by atoms with E-state index >= 15 is 0 Å². The van der Waals surface area contributed by atoms with Crippen molar-refractivity contribution in [2.45, 2.75) is 45.1 Å². The number of nitrogens with one attached hydrogen (secondary N) is 1. The van der Waals surface area contributed by atoms with Gasteiger partial charge in [-0.05, 0) is 57.0 Å². The number of rotatable bonds is 6. The predicted molar refractivity (Wildman–Crippen MR) is 113 cm³/mol. The maximum absolute atomic E-state index is 12.5. The number of carbonyl (C=O) groups is 1. The van der Waals surface area contributed by atoms with Crippen LogP contribution in [0, 0.1) is 13.8 Å². The van der Waals surface area contributed by atoms with E-state index in [2.05, 4.69) is 4.72 Å². The minimum atomic E-state index is -3.88. The quantitative estimate of drug-likeness (QED) is 0.367. The Balaban J connectivity index is 1.83. The first kappa shape index (κ1) is 21.7. The highest BCUT2D eigenvalue weighted by molar-refractivity contribution is 7.89. The van der Waals surface area contributed by atoms with Crippen LogP contribution in [0.5, 0.6) is 5.75 Å². The lowest BCUT2D eigenvalue weighted by molar-refractivity contribution is -0.135. The minimum absolute atomic E-state index is 0.0588. The molecular formula is C22H23NO6S. The largest absolute Gasteiger partial charge is 0.425 e. The Bertz CT molecular complexity index is 1260. The molecule has 0 saturated carbocycles. The fourth-order valence-corrected chi connectivity index (χ4v) is 4.27. The van der Waals surface area contributed by atoms with Gasteiger partial charge in [0.2, 0.25) is 10.0 Å². The molecule has 1 heterocycles. The summed E-state index contributed by atoms with van der Waals surface area (Å²) in [5, 5.41) is 0.766. The van der Waals surface area contributed by atoms with Gasteiger partial charge in [-0.2, -0.15) is 4.72 Å². The lowest BCUT2D eigenvalue weighted by Gasteiger charge is -2.15. The van der Waals surface area contributed by atoms with Crippen molar-refractivity contribution in [3.63, 3.8) is 0 Å². The van der Waals surface area contributed by atoms with Crippen LogP contribution in [0.3, 0.4) is 0 Å². The molecule has 158 valence electrons. The molecule has 0 radical (unpaired) electrons. The van der Waals surface area contributed by atoms with Gasteiger partial charge in [0.15, 0.2) is 0 Å². The fraction of sp³-hybridized carbons (Fsp3) is 0.273. The zero-order chi connectivity index (χ0) is 22.1. The molecule has 0 saturated heterocycles. The summed E-state index contributed by atoms with van der Waals surface area (Å²) in [5.41, 5.74) is 2.11. The second-order valence-corrected chi connectivity index (χ2v) is 8.80. The Hall–Kier alpha value is -2.97. The second kappa shape index (κ2) is 8.41. The molecule has 0 bridgehead atoms. The number of carbonyl (C=O) groups excluding carboxylic acids is 1. The Morgan fingerprint density at radius 3 is 2.43 bits per heavy atom. The first-order valence-corrected chi connectivity index (χ1v) is 11.0. The van der Waals surface area contributed by atoms with E-state index in [1.165, 1.54) is 25.1 Å². The van der Waals surface area contributed by atoms with Crippen molar-refractivity contribution in [1.82, 2.24) is 4.72 Å². The third-order valence-electron chi connectivity index (χ3n) is 4.81. The van der Waals surface area contributed by atoms with Crippen LogP contribution >= 0.6 is 0 Å². The van der Waals surface area contributed by atoms with E-state index in [9.17, 15) is 18.0 Å². The molecule has 1 unspecified atom stereocenters. The molecule has 8 heteroatoms. The molecule has 0 amide bonds. The molecule has 3 aromatic rings. The summed E-state index contributed by atoms with van der Waals surface area (Å²) in [6, 6.07) is 9.93. The van der Waals surface area contributed by atoms with Gasteiger partial charge in [0.25, 0.3) is 0 Å². The summed E-state index contributed by atoms with van der Waals surface area (Å²) in [5.74, 6) is -0.576. The summed E-state index contributed by atoms with van der Waals surface area (Å²) >= 11 is 0. The lowest BCUT2D eigenvalue weighted by Crippen LogP contribution is -2.40. The van der Waals surface area contributed by atoms with Crippen molar-refractivity contribution in [2.75, 3.05) is 0 Å². The van der Waals surface area contributed by atoms with Crippen molar-refractivity contribution in [3.05, 3.63) is 69.6 Å². The zero-order valence-electron chi connectivity index (χ0n) is 17.2. The Labute approximate surface area is 174 Å². The van der Waals surface area contributed by atoms with Crippen molar-refractivity contribution >= 4 is 27.0 Å². The number of hydrogen-bond acceptors (Lipinski definition) is 6. The van der Waals surface area contributed by atoms with Crippen molar-refractivity contribution < 1.29 is 22.4 Å². The van der Waals surface area contributed by atoms with Crippen LogP contribution in [-0.2, 0) is 21.2 Å². The highest BCUT2D eigenvalue weighted by Crippen LogP contribution is 2.29. The molecular weight excluding hydrogens is 406 g/mol. The van der Waals surface area contributed by atoms with Gasteiger partial charge in [-0.15, -0.1) is 0 Å². The fourth-order valence-electron chi connectivity index (χ4n) is 3.07. The topological polar surface area (TPSA) is 103 Å². The van der Waals surface area contributed by atoms with Gasteiger partial charge in [0.1, 0.15) is 17.4 Å². The maximum atomic E-state index is 12.5. The number of hydrogen-bond donors (Lipinski definition) is 1. The first-order valence-electron chi connectivity index (χ1n) is 9.49. The number of benzene rings is 2. The van der Waals surface area contributed by atoms with Crippen LogP contribution < -0.4 is 15.1 Å². The van der Waals surface area contributed by atoms with E-state index in [1.807, 2.05) is 13.8 Å². The summed E-state index contributed by atoms with van der Waals surface area (Å²) in [7, 11) is -3.88. The monoisotopic (exact) mass is 429 g/mol. The molecule has 1 N–H and O–H groups in total. The molecule has 0 spiro atoms. The molecule has 1 aromatic heterocycles.